The van der Waals surface area contributed by atoms with Gasteiger partial charge in [-0.1, -0.05) is 18.2 Å². The summed E-state index contributed by atoms with van der Waals surface area (Å²) in [6, 6.07) is 15.5. The summed E-state index contributed by atoms with van der Waals surface area (Å²) < 4.78 is 32.6. The number of nitrogens with one attached hydrogen (secondary N) is 1. The first kappa shape index (κ1) is 20.4. The molecule has 1 N–H and O–H groups in total. The highest BCUT2D eigenvalue weighted by Gasteiger charge is 2.33. The van der Waals surface area contributed by atoms with Crippen molar-refractivity contribution in [2.75, 3.05) is 18.4 Å². The molecule has 0 radical (unpaired) electrons. The molecule has 7 heteroatoms. The molecule has 3 rings (SSSR count). The van der Waals surface area contributed by atoms with Crippen molar-refractivity contribution in [2.24, 2.45) is 5.92 Å². The third kappa shape index (κ3) is 4.91. The molecule has 1 amide bonds. The molecule has 1 atom stereocenters. The van der Waals surface area contributed by atoms with E-state index in [1.165, 1.54) is 4.31 Å². The van der Waals surface area contributed by atoms with E-state index in [9.17, 15) is 13.2 Å². The van der Waals surface area contributed by atoms with Crippen LogP contribution in [0.1, 0.15) is 26.7 Å². The number of hydrogen-bond acceptors (Lipinski definition) is 4. The van der Waals surface area contributed by atoms with Crippen molar-refractivity contribution >= 4 is 21.6 Å². The van der Waals surface area contributed by atoms with Crippen LogP contribution in [0.3, 0.4) is 0 Å². The van der Waals surface area contributed by atoms with Crippen LogP contribution in [0.15, 0.2) is 59.5 Å². The zero-order valence-corrected chi connectivity index (χ0v) is 17.0. The quantitative estimate of drug-likeness (QED) is 0.802. The van der Waals surface area contributed by atoms with E-state index in [1.54, 1.807) is 42.5 Å². The van der Waals surface area contributed by atoms with Gasteiger partial charge >= 0.3 is 0 Å². The molecule has 0 aromatic heterocycles. The van der Waals surface area contributed by atoms with Gasteiger partial charge in [0.05, 0.1) is 16.9 Å². The minimum Gasteiger partial charge on any atom is -0.491 e. The van der Waals surface area contributed by atoms with Gasteiger partial charge < -0.3 is 10.1 Å². The Morgan fingerprint density at radius 3 is 2.43 bits per heavy atom. The first-order chi connectivity index (χ1) is 13.4. The van der Waals surface area contributed by atoms with Gasteiger partial charge in [-0.25, -0.2) is 8.42 Å². The summed E-state index contributed by atoms with van der Waals surface area (Å²) in [6.07, 6.45) is 1.41. The lowest BCUT2D eigenvalue weighted by Gasteiger charge is -2.31. The Kier molecular flexibility index (Phi) is 6.36. The van der Waals surface area contributed by atoms with Gasteiger partial charge in [-0.3, -0.25) is 4.79 Å². The number of amides is 1. The summed E-state index contributed by atoms with van der Waals surface area (Å²) >= 11 is 0. The standard InChI is InChI=1S/C21H26N2O4S/c1-16(2)27-19-12-10-18(11-13-19)22-21(24)17-7-6-14-23(15-17)28(25,26)20-8-4-3-5-9-20/h3-5,8-13,16-17H,6-7,14-15H2,1-2H3,(H,22,24)/t17-/m1/s1. The Morgan fingerprint density at radius 1 is 1.11 bits per heavy atom. The van der Waals surface area contributed by atoms with Crippen LogP contribution >= 0.6 is 0 Å². The molecule has 150 valence electrons. The summed E-state index contributed by atoms with van der Waals surface area (Å²) in [6.45, 7) is 4.53. The molecule has 2 aromatic rings. The Labute approximate surface area is 166 Å². The van der Waals surface area contributed by atoms with Crippen LogP contribution in [0.5, 0.6) is 5.75 Å². The van der Waals surface area contributed by atoms with Crippen LogP contribution in [-0.2, 0) is 14.8 Å². The van der Waals surface area contributed by atoms with E-state index in [0.29, 0.717) is 25.1 Å². The van der Waals surface area contributed by atoms with Crippen molar-refractivity contribution in [1.29, 1.82) is 0 Å². The van der Waals surface area contributed by atoms with E-state index < -0.39 is 10.0 Å². The van der Waals surface area contributed by atoms with Crippen LogP contribution in [0.25, 0.3) is 0 Å². The number of nitrogens with zero attached hydrogens (tertiary/aromatic N) is 1. The topological polar surface area (TPSA) is 75.7 Å². The first-order valence-electron chi connectivity index (χ1n) is 9.49. The van der Waals surface area contributed by atoms with Crippen molar-refractivity contribution in [2.45, 2.75) is 37.7 Å². The second-order valence-corrected chi connectivity index (χ2v) is 9.13. The molecule has 0 saturated carbocycles. The molecule has 1 aliphatic heterocycles. The van der Waals surface area contributed by atoms with Crippen molar-refractivity contribution in [3.05, 3.63) is 54.6 Å². The fourth-order valence-electron chi connectivity index (χ4n) is 3.25. The Balaban J connectivity index is 1.64. The number of hydrogen-bond donors (Lipinski definition) is 1. The van der Waals surface area contributed by atoms with E-state index in [4.69, 9.17) is 4.74 Å². The monoisotopic (exact) mass is 402 g/mol. The molecular weight excluding hydrogens is 376 g/mol. The van der Waals surface area contributed by atoms with Crippen LogP contribution in [0.4, 0.5) is 5.69 Å². The number of ether oxygens (including phenoxy) is 1. The second kappa shape index (κ2) is 8.75. The lowest BCUT2D eigenvalue weighted by atomic mass is 9.99. The third-order valence-electron chi connectivity index (χ3n) is 4.63. The molecule has 1 saturated heterocycles. The summed E-state index contributed by atoms with van der Waals surface area (Å²) in [5, 5.41) is 2.89. The minimum absolute atomic E-state index is 0.0835. The van der Waals surface area contributed by atoms with E-state index in [-0.39, 0.29) is 29.4 Å². The predicted octanol–water partition coefficient (Wildman–Crippen LogP) is 3.51. The maximum Gasteiger partial charge on any atom is 0.243 e. The van der Waals surface area contributed by atoms with Crippen molar-refractivity contribution in [3.8, 4) is 5.75 Å². The fourth-order valence-corrected chi connectivity index (χ4v) is 4.79. The molecule has 1 heterocycles. The average Bonchev–Trinajstić information content (AvgIpc) is 2.70. The molecule has 0 spiro atoms. The molecule has 2 aromatic carbocycles. The average molecular weight is 403 g/mol. The maximum atomic E-state index is 12.8. The summed E-state index contributed by atoms with van der Waals surface area (Å²) in [5.41, 5.74) is 0.671. The molecule has 1 fully saturated rings. The zero-order valence-electron chi connectivity index (χ0n) is 16.2. The number of sulfonamides is 1. The van der Waals surface area contributed by atoms with Gasteiger partial charge in [-0.15, -0.1) is 0 Å². The molecule has 6 nitrogen and oxygen atoms in total. The minimum atomic E-state index is -3.58. The molecule has 0 bridgehead atoms. The van der Waals surface area contributed by atoms with Gasteiger partial charge in [0, 0.05) is 18.8 Å². The molecular formula is C21H26N2O4S. The number of benzene rings is 2. The number of anilines is 1. The van der Waals surface area contributed by atoms with Crippen molar-refractivity contribution in [3.63, 3.8) is 0 Å². The third-order valence-corrected chi connectivity index (χ3v) is 6.51. The van der Waals surface area contributed by atoms with Crippen molar-refractivity contribution in [1.82, 2.24) is 4.31 Å². The normalized spacial score (nSPS) is 18.0. The second-order valence-electron chi connectivity index (χ2n) is 7.20. The van der Waals surface area contributed by atoms with Crippen LogP contribution in [0.2, 0.25) is 0 Å². The molecule has 28 heavy (non-hydrogen) atoms. The highest BCUT2D eigenvalue weighted by molar-refractivity contribution is 7.89. The fraction of sp³-hybridized carbons (Fsp3) is 0.381. The van der Waals surface area contributed by atoms with Gasteiger partial charge in [-0.2, -0.15) is 4.31 Å². The van der Waals surface area contributed by atoms with E-state index in [1.807, 2.05) is 26.0 Å². The number of rotatable bonds is 6. The number of carbonyl (C=O) groups excluding carboxylic acids is 1. The lowest BCUT2D eigenvalue weighted by Crippen LogP contribution is -2.43. The Hall–Kier alpha value is -2.38. The Bertz CT molecular complexity index is 896. The van der Waals surface area contributed by atoms with Crippen LogP contribution < -0.4 is 10.1 Å². The molecule has 0 aliphatic carbocycles. The number of piperidine rings is 1. The largest absolute Gasteiger partial charge is 0.491 e. The van der Waals surface area contributed by atoms with Crippen LogP contribution in [0, 0.1) is 5.92 Å². The van der Waals surface area contributed by atoms with Crippen LogP contribution in [-0.4, -0.2) is 37.8 Å². The molecule has 1 aliphatic rings. The van der Waals surface area contributed by atoms with Gasteiger partial charge in [0.2, 0.25) is 15.9 Å². The SMILES string of the molecule is CC(C)Oc1ccc(NC(=O)[C@@H]2CCCN(S(=O)(=O)c3ccccc3)C2)cc1. The summed E-state index contributed by atoms with van der Waals surface area (Å²) in [4.78, 5) is 12.9. The summed E-state index contributed by atoms with van der Waals surface area (Å²) in [7, 11) is -3.58. The van der Waals surface area contributed by atoms with Gasteiger partial charge in [0.25, 0.3) is 0 Å². The highest BCUT2D eigenvalue weighted by atomic mass is 32.2. The van der Waals surface area contributed by atoms with E-state index in [2.05, 4.69) is 5.32 Å². The summed E-state index contributed by atoms with van der Waals surface area (Å²) in [5.74, 6) is 0.204. The first-order valence-corrected chi connectivity index (χ1v) is 10.9. The van der Waals surface area contributed by atoms with Gasteiger partial charge in [-0.05, 0) is 63.1 Å². The number of carbonyl (C=O) groups is 1. The lowest BCUT2D eigenvalue weighted by molar-refractivity contribution is -0.120. The predicted molar refractivity (Wildman–Crippen MR) is 109 cm³/mol. The van der Waals surface area contributed by atoms with E-state index >= 15 is 0 Å². The van der Waals surface area contributed by atoms with E-state index in [0.717, 1.165) is 5.75 Å². The van der Waals surface area contributed by atoms with Crippen molar-refractivity contribution < 1.29 is 17.9 Å². The van der Waals surface area contributed by atoms with Gasteiger partial charge in [0.1, 0.15) is 5.75 Å². The maximum absolute atomic E-state index is 12.8. The van der Waals surface area contributed by atoms with Gasteiger partial charge in [0.15, 0.2) is 0 Å². The highest BCUT2D eigenvalue weighted by Crippen LogP contribution is 2.25. The molecule has 0 unspecified atom stereocenters. The Morgan fingerprint density at radius 2 is 1.79 bits per heavy atom. The zero-order chi connectivity index (χ0) is 20.1. The smallest absolute Gasteiger partial charge is 0.243 e.